The average molecular weight is 342 g/mol. The molecule has 0 aromatic rings. The quantitative estimate of drug-likeness (QED) is 0.755. The van der Waals surface area contributed by atoms with Crippen molar-refractivity contribution in [1.82, 2.24) is 0 Å². The van der Waals surface area contributed by atoms with Crippen molar-refractivity contribution in [2.75, 3.05) is 0 Å². The van der Waals surface area contributed by atoms with Gasteiger partial charge in [-0.25, -0.2) is 0 Å². The van der Waals surface area contributed by atoms with Gasteiger partial charge in [0.1, 0.15) is 0 Å². The van der Waals surface area contributed by atoms with Gasteiger partial charge in [0.05, 0.1) is 22.0 Å². The first-order chi connectivity index (χ1) is 8.75. The minimum Gasteiger partial charge on any atom is -0.387 e. The molecule has 2 rings (SSSR count). The van der Waals surface area contributed by atoms with Gasteiger partial charge in [-0.2, -0.15) is 0 Å². The van der Waals surface area contributed by atoms with Crippen molar-refractivity contribution in [1.29, 1.82) is 0 Å². The first-order valence-corrected chi connectivity index (χ1v) is 7.13. The highest BCUT2D eigenvalue weighted by Gasteiger charge is 2.45. The number of alkyl halides is 2. The van der Waals surface area contributed by atoms with Crippen LogP contribution in [-0.4, -0.2) is 32.2 Å². The van der Waals surface area contributed by atoms with E-state index >= 15 is 0 Å². The molecular formula is C13H12Cl4O2. The van der Waals surface area contributed by atoms with E-state index in [0.29, 0.717) is 10.1 Å². The molecule has 0 aliphatic heterocycles. The summed E-state index contributed by atoms with van der Waals surface area (Å²) in [5.74, 6) is 0. The van der Waals surface area contributed by atoms with E-state index in [9.17, 15) is 10.2 Å². The van der Waals surface area contributed by atoms with E-state index < -0.39 is 22.0 Å². The monoisotopic (exact) mass is 340 g/mol. The van der Waals surface area contributed by atoms with E-state index in [1.54, 1.807) is 12.2 Å². The lowest BCUT2D eigenvalue weighted by Gasteiger charge is -2.39. The topological polar surface area (TPSA) is 40.5 Å². The lowest BCUT2D eigenvalue weighted by molar-refractivity contribution is 0.144. The number of allylic oxidation sites excluding steroid dienone is 4. The summed E-state index contributed by atoms with van der Waals surface area (Å²) < 4.78 is 0. The van der Waals surface area contributed by atoms with Gasteiger partial charge in [0, 0.05) is 10.1 Å². The Morgan fingerprint density at radius 2 is 1.26 bits per heavy atom. The van der Waals surface area contributed by atoms with Crippen LogP contribution >= 0.6 is 46.4 Å². The van der Waals surface area contributed by atoms with Crippen molar-refractivity contribution < 1.29 is 10.2 Å². The van der Waals surface area contributed by atoms with Gasteiger partial charge in [-0.05, 0) is 30.7 Å². The summed E-state index contributed by atoms with van der Waals surface area (Å²) in [6.45, 7) is 0. The molecule has 0 aromatic heterocycles. The fourth-order valence-corrected chi connectivity index (χ4v) is 3.68. The maximum Gasteiger partial charge on any atom is 0.0958 e. The zero-order chi connectivity index (χ0) is 14.3. The summed E-state index contributed by atoms with van der Waals surface area (Å²) in [6, 6.07) is 0. The molecule has 19 heavy (non-hydrogen) atoms. The van der Waals surface area contributed by atoms with Crippen LogP contribution in [0.5, 0.6) is 0 Å². The first-order valence-electron chi connectivity index (χ1n) is 5.62. The standard InChI is InChI=1S/C13H12Cl4O2/c14-8-1-3-10(18)12(16,5-8)7-13(17)6-9(15)2-4-11(13)19/h1-6,10-11,18-19H,7H2. The SMILES string of the molecule is OC1C=CC(Cl)=CC1(Cl)CC1(Cl)C=C(Cl)C=CC1O. The molecule has 4 unspecified atom stereocenters. The molecule has 104 valence electrons. The van der Waals surface area contributed by atoms with Crippen LogP contribution < -0.4 is 0 Å². The molecule has 0 aromatic carbocycles. The fourth-order valence-electron chi connectivity index (χ4n) is 2.14. The molecule has 0 bridgehead atoms. The Labute approximate surface area is 131 Å². The summed E-state index contributed by atoms with van der Waals surface area (Å²) in [4.78, 5) is -2.37. The van der Waals surface area contributed by atoms with E-state index in [-0.39, 0.29) is 6.42 Å². The first kappa shape index (κ1) is 15.4. The van der Waals surface area contributed by atoms with E-state index in [4.69, 9.17) is 46.4 Å². The highest BCUT2D eigenvalue weighted by molar-refractivity contribution is 6.35. The van der Waals surface area contributed by atoms with E-state index in [1.807, 2.05) is 0 Å². The third-order valence-corrected chi connectivity index (χ3v) is 4.56. The highest BCUT2D eigenvalue weighted by Crippen LogP contribution is 2.43. The van der Waals surface area contributed by atoms with Crippen LogP contribution in [0.2, 0.25) is 0 Å². The van der Waals surface area contributed by atoms with Crippen molar-refractivity contribution in [2.45, 2.75) is 28.4 Å². The van der Waals surface area contributed by atoms with Crippen LogP contribution in [0.1, 0.15) is 6.42 Å². The number of hydrogen-bond donors (Lipinski definition) is 2. The fraction of sp³-hybridized carbons (Fsp3) is 0.385. The van der Waals surface area contributed by atoms with Gasteiger partial charge in [0.15, 0.2) is 0 Å². The molecule has 0 fully saturated rings. The number of hydrogen-bond acceptors (Lipinski definition) is 2. The number of aliphatic hydroxyl groups excluding tert-OH is 2. The van der Waals surface area contributed by atoms with Crippen molar-refractivity contribution in [3.8, 4) is 0 Å². The molecular weight excluding hydrogens is 330 g/mol. The largest absolute Gasteiger partial charge is 0.387 e. The molecule has 0 radical (unpaired) electrons. The summed E-state index contributed by atoms with van der Waals surface area (Å²) in [7, 11) is 0. The molecule has 2 N–H and O–H groups in total. The zero-order valence-electron chi connectivity index (χ0n) is 9.73. The molecule has 0 saturated heterocycles. The maximum absolute atomic E-state index is 10.0. The summed E-state index contributed by atoms with van der Waals surface area (Å²) in [6.07, 6.45) is 7.34. The van der Waals surface area contributed by atoms with Gasteiger partial charge in [0.25, 0.3) is 0 Å². The van der Waals surface area contributed by atoms with Crippen LogP contribution in [-0.2, 0) is 0 Å². The Bertz CT molecular complexity index is 453. The van der Waals surface area contributed by atoms with Gasteiger partial charge >= 0.3 is 0 Å². The lowest BCUT2D eigenvalue weighted by atomic mass is 9.82. The predicted octanol–water partition coefficient (Wildman–Crippen LogP) is 3.44. The summed E-state index contributed by atoms with van der Waals surface area (Å²) in [5, 5.41) is 20.8. The van der Waals surface area contributed by atoms with Crippen LogP contribution in [0.15, 0.2) is 46.5 Å². The molecule has 2 aliphatic carbocycles. The Kier molecular flexibility index (Phi) is 4.41. The second kappa shape index (κ2) is 5.44. The second-order valence-electron chi connectivity index (χ2n) is 4.70. The third kappa shape index (κ3) is 3.21. The minimum absolute atomic E-state index is 0.0760. The van der Waals surface area contributed by atoms with Gasteiger partial charge in [0.2, 0.25) is 0 Å². The average Bonchev–Trinajstić information content (AvgIpc) is 2.29. The van der Waals surface area contributed by atoms with Crippen LogP contribution in [0.25, 0.3) is 0 Å². The van der Waals surface area contributed by atoms with Gasteiger partial charge in [-0.15, -0.1) is 23.2 Å². The predicted molar refractivity (Wildman–Crippen MR) is 80.0 cm³/mol. The smallest absolute Gasteiger partial charge is 0.0958 e. The Morgan fingerprint density at radius 1 is 0.895 bits per heavy atom. The normalized spacial score (nSPS) is 42.0. The number of aliphatic hydroxyl groups is 2. The highest BCUT2D eigenvalue weighted by atomic mass is 35.5. The van der Waals surface area contributed by atoms with Crippen LogP contribution in [0.4, 0.5) is 0 Å². The second-order valence-corrected chi connectivity index (χ2v) is 6.98. The molecule has 4 atom stereocenters. The van der Waals surface area contributed by atoms with E-state index in [2.05, 4.69) is 0 Å². The van der Waals surface area contributed by atoms with E-state index in [1.165, 1.54) is 24.3 Å². The summed E-state index contributed by atoms with van der Waals surface area (Å²) in [5.41, 5.74) is 0. The molecule has 0 saturated carbocycles. The number of halogens is 4. The summed E-state index contributed by atoms with van der Waals surface area (Å²) >= 11 is 24.6. The molecule has 0 heterocycles. The van der Waals surface area contributed by atoms with Gasteiger partial charge < -0.3 is 10.2 Å². The van der Waals surface area contributed by atoms with Gasteiger partial charge in [-0.1, -0.05) is 35.4 Å². The lowest BCUT2D eigenvalue weighted by Crippen LogP contribution is -2.46. The van der Waals surface area contributed by atoms with Crippen LogP contribution in [0, 0.1) is 0 Å². The van der Waals surface area contributed by atoms with Crippen molar-refractivity contribution in [2.24, 2.45) is 0 Å². The van der Waals surface area contributed by atoms with Crippen molar-refractivity contribution >= 4 is 46.4 Å². The van der Waals surface area contributed by atoms with Gasteiger partial charge in [-0.3, -0.25) is 0 Å². The molecule has 0 amide bonds. The molecule has 2 nitrogen and oxygen atoms in total. The Balaban J connectivity index is 2.29. The van der Waals surface area contributed by atoms with Crippen molar-refractivity contribution in [3.05, 3.63) is 46.5 Å². The molecule has 2 aliphatic rings. The Hall–Kier alpha value is 0.0400. The van der Waals surface area contributed by atoms with E-state index in [0.717, 1.165) is 0 Å². The number of rotatable bonds is 2. The zero-order valence-corrected chi connectivity index (χ0v) is 12.8. The minimum atomic E-state index is -1.19. The maximum atomic E-state index is 10.0. The third-order valence-electron chi connectivity index (χ3n) is 3.16. The molecule has 6 heteroatoms. The Morgan fingerprint density at radius 3 is 1.63 bits per heavy atom. The van der Waals surface area contributed by atoms with Crippen molar-refractivity contribution in [3.63, 3.8) is 0 Å². The molecule has 0 spiro atoms. The van der Waals surface area contributed by atoms with Crippen LogP contribution in [0.3, 0.4) is 0 Å².